The molecule has 0 saturated heterocycles. The van der Waals surface area contributed by atoms with Crippen molar-refractivity contribution < 1.29 is 33.7 Å². The van der Waals surface area contributed by atoms with E-state index in [1.165, 1.54) is 0 Å². The van der Waals surface area contributed by atoms with E-state index in [2.05, 4.69) is 10.6 Å². The monoisotopic (exact) mass is 490 g/mol. The summed E-state index contributed by atoms with van der Waals surface area (Å²) in [5.41, 5.74) is -5.00. The minimum atomic E-state index is -2.73. The Balaban J connectivity index is 1.82. The Hall–Kier alpha value is -2.10. The van der Waals surface area contributed by atoms with Crippen molar-refractivity contribution in [1.29, 1.82) is 0 Å². The first kappa shape index (κ1) is 24.5. The molecule has 0 unspecified atom stereocenters. The SMILES string of the molecule is CC(C)(C)OC(=O)N[C@@]1(C(=O)O)[C@H](NCCc2ccc(Cl)c(Cl)c2)C[C@@H]2[C@H]1[C@@]2(F)C(=O)O. The smallest absolute Gasteiger partial charge is 0.408 e. The summed E-state index contributed by atoms with van der Waals surface area (Å²) in [6, 6.07) is 4.17. The molecule has 0 radical (unpaired) electrons. The molecular formula is C21H25Cl2FN2O6. The molecule has 2 fully saturated rings. The van der Waals surface area contributed by atoms with Gasteiger partial charge in [-0.15, -0.1) is 0 Å². The van der Waals surface area contributed by atoms with Gasteiger partial charge in [0.2, 0.25) is 5.67 Å². The molecule has 0 aromatic heterocycles. The maximum atomic E-state index is 15.1. The highest BCUT2D eigenvalue weighted by atomic mass is 35.5. The van der Waals surface area contributed by atoms with Gasteiger partial charge >= 0.3 is 18.0 Å². The average molecular weight is 491 g/mol. The lowest BCUT2D eigenvalue weighted by Gasteiger charge is -2.37. The molecule has 1 amide bonds. The molecule has 176 valence electrons. The standard InChI is InChI=1S/C21H25Cl2FN2O6/c1-19(2,3)32-18(31)26-21(17(29)30)14(9-11-15(21)20(11,24)16(27)28)25-7-6-10-4-5-12(22)13(23)8-10/h4-5,8,11,14-15,25H,6-7,9H2,1-3H3,(H,26,31)(H,27,28)(H,29,30)/t11-,14-,15+,20-,21+/m1/s1. The van der Waals surface area contributed by atoms with Gasteiger partial charge in [-0.1, -0.05) is 29.3 Å². The van der Waals surface area contributed by atoms with Gasteiger partial charge in [0.1, 0.15) is 5.60 Å². The molecule has 11 heteroatoms. The zero-order chi connectivity index (χ0) is 24.1. The lowest BCUT2D eigenvalue weighted by atomic mass is 9.84. The Bertz CT molecular complexity index is 955. The number of alkyl carbamates (subject to hydrolysis) is 1. The number of benzene rings is 1. The lowest BCUT2D eigenvalue weighted by Crippen LogP contribution is -2.68. The van der Waals surface area contributed by atoms with E-state index < -0.39 is 52.7 Å². The number of hydrogen-bond acceptors (Lipinski definition) is 5. The van der Waals surface area contributed by atoms with Crippen LogP contribution in [-0.4, -0.2) is 57.6 Å². The summed E-state index contributed by atoms with van der Waals surface area (Å²) in [5.74, 6) is -5.74. The van der Waals surface area contributed by atoms with Crippen LogP contribution in [0.2, 0.25) is 10.0 Å². The zero-order valence-corrected chi connectivity index (χ0v) is 19.3. The molecule has 8 nitrogen and oxygen atoms in total. The first-order chi connectivity index (χ1) is 14.7. The summed E-state index contributed by atoms with van der Waals surface area (Å²) < 4.78 is 20.3. The molecule has 3 rings (SSSR count). The van der Waals surface area contributed by atoms with Crippen LogP contribution in [-0.2, 0) is 20.7 Å². The van der Waals surface area contributed by atoms with Crippen LogP contribution in [0.3, 0.4) is 0 Å². The molecule has 4 N–H and O–H groups in total. The van der Waals surface area contributed by atoms with Gasteiger partial charge in [-0.05, 0) is 57.9 Å². The molecule has 0 heterocycles. The van der Waals surface area contributed by atoms with Gasteiger partial charge in [-0.25, -0.2) is 18.8 Å². The summed E-state index contributed by atoms with van der Waals surface area (Å²) in [4.78, 5) is 36.4. The number of nitrogens with one attached hydrogen (secondary N) is 2. The summed E-state index contributed by atoms with van der Waals surface area (Å²) in [5, 5.41) is 25.6. The van der Waals surface area contributed by atoms with Crippen LogP contribution in [0.4, 0.5) is 9.18 Å². The van der Waals surface area contributed by atoms with E-state index in [1.54, 1.807) is 39.0 Å². The number of carbonyl (C=O) groups excluding carboxylic acids is 1. The zero-order valence-electron chi connectivity index (χ0n) is 17.7. The van der Waals surface area contributed by atoms with Crippen molar-refractivity contribution >= 4 is 41.2 Å². The van der Waals surface area contributed by atoms with Crippen LogP contribution in [0.5, 0.6) is 0 Å². The van der Waals surface area contributed by atoms with Gasteiger partial charge in [0.15, 0.2) is 5.54 Å². The number of rotatable bonds is 7. The molecule has 32 heavy (non-hydrogen) atoms. The van der Waals surface area contributed by atoms with Gasteiger partial charge in [-0.2, -0.15) is 0 Å². The van der Waals surface area contributed by atoms with Crippen molar-refractivity contribution in [2.45, 2.75) is 56.5 Å². The number of alkyl halides is 1. The van der Waals surface area contributed by atoms with Gasteiger partial charge in [0, 0.05) is 17.9 Å². The second-order valence-electron chi connectivity index (χ2n) is 9.20. The van der Waals surface area contributed by atoms with E-state index in [9.17, 15) is 24.6 Å². The first-order valence-corrected chi connectivity index (χ1v) is 10.8. The Morgan fingerprint density at radius 3 is 2.38 bits per heavy atom. The third-order valence-corrected chi connectivity index (χ3v) is 6.73. The predicted molar refractivity (Wildman–Crippen MR) is 115 cm³/mol. The highest BCUT2D eigenvalue weighted by Gasteiger charge is 2.86. The number of carbonyl (C=O) groups is 3. The van der Waals surface area contributed by atoms with E-state index >= 15 is 4.39 Å². The number of carboxylic acid groups (broad SMARTS) is 2. The normalized spacial score (nSPS) is 31.0. The molecule has 1 aromatic carbocycles. The molecular weight excluding hydrogens is 466 g/mol. The molecule has 2 aliphatic rings. The van der Waals surface area contributed by atoms with E-state index in [1.807, 2.05) is 0 Å². The second-order valence-corrected chi connectivity index (χ2v) is 10.0. The summed E-state index contributed by atoms with van der Waals surface area (Å²) in [7, 11) is 0. The molecule has 2 aliphatic carbocycles. The fourth-order valence-electron chi connectivity index (χ4n) is 4.63. The Kier molecular flexibility index (Phi) is 6.40. The highest BCUT2D eigenvalue weighted by molar-refractivity contribution is 6.42. The van der Waals surface area contributed by atoms with Crippen molar-refractivity contribution in [1.82, 2.24) is 10.6 Å². The molecule has 0 bridgehead atoms. The average Bonchev–Trinajstić information content (AvgIpc) is 3.10. The lowest BCUT2D eigenvalue weighted by molar-refractivity contribution is -0.152. The van der Waals surface area contributed by atoms with Crippen molar-refractivity contribution in [3.8, 4) is 0 Å². The van der Waals surface area contributed by atoms with Crippen LogP contribution in [0.15, 0.2) is 18.2 Å². The van der Waals surface area contributed by atoms with Crippen LogP contribution >= 0.6 is 23.2 Å². The highest BCUT2D eigenvalue weighted by Crippen LogP contribution is 2.67. The topological polar surface area (TPSA) is 125 Å². The van der Waals surface area contributed by atoms with Crippen molar-refractivity contribution in [3.05, 3.63) is 33.8 Å². The van der Waals surface area contributed by atoms with E-state index in [0.717, 1.165) is 5.56 Å². The number of carboxylic acids is 2. The minimum absolute atomic E-state index is 0.0725. The predicted octanol–water partition coefficient (Wildman–Crippen LogP) is 3.28. The molecule has 2 saturated carbocycles. The minimum Gasteiger partial charge on any atom is -0.479 e. The Labute approximate surface area is 194 Å². The van der Waals surface area contributed by atoms with Crippen LogP contribution in [0, 0.1) is 11.8 Å². The molecule has 1 aromatic rings. The number of amides is 1. The molecule has 0 aliphatic heterocycles. The quantitative estimate of drug-likeness (QED) is 0.462. The molecule has 5 atom stereocenters. The Morgan fingerprint density at radius 1 is 1.19 bits per heavy atom. The second kappa shape index (κ2) is 8.35. The summed E-state index contributed by atoms with van der Waals surface area (Å²) >= 11 is 11.9. The number of ether oxygens (including phenoxy) is 1. The number of halogens is 3. The third-order valence-electron chi connectivity index (χ3n) is 5.99. The van der Waals surface area contributed by atoms with Crippen LogP contribution in [0.1, 0.15) is 32.8 Å². The summed E-state index contributed by atoms with van der Waals surface area (Å²) in [6.07, 6.45) is -0.682. The van der Waals surface area contributed by atoms with E-state index in [4.69, 9.17) is 27.9 Å². The van der Waals surface area contributed by atoms with Gasteiger partial charge in [0.05, 0.1) is 10.0 Å². The van der Waals surface area contributed by atoms with Crippen LogP contribution in [0.25, 0.3) is 0 Å². The van der Waals surface area contributed by atoms with Crippen LogP contribution < -0.4 is 10.6 Å². The van der Waals surface area contributed by atoms with Gasteiger partial charge < -0.3 is 25.6 Å². The van der Waals surface area contributed by atoms with E-state index in [-0.39, 0.29) is 13.0 Å². The van der Waals surface area contributed by atoms with Gasteiger partial charge in [0.25, 0.3) is 0 Å². The third kappa shape index (κ3) is 4.25. The van der Waals surface area contributed by atoms with Gasteiger partial charge in [-0.3, -0.25) is 0 Å². The summed E-state index contributed by atoms with van der Waals surface area (Å²) in [6.45, 7) is 5.06. The fourth-order valence-corrected chi connectivity index (χ4v) is 4.95. The molecule has 0 spiro atoms. The van der Waals surface area contributed by atoms with Crippen molar-refractivity contribution in [2.75, 3.05) is 6.54 Å². The Morgan fingerprint density at radius 2 is 1.84 bits per heavy atom. The maximum Gasteiger partial charge on any atom is 0.408 e. The van der Waals surface area contributed by atoms with Crippen molar-refractivity contribution in [3.63, 3.8) is 0 Å². The fraction of sp³-hybridized carbons (Fsp3) is 0.571. The van der Waals surface area contributed by atoms with E-state index in [0.29, 0.717) is 16.5 Å². The largest absolute Gasteiger partial charge is 0.479 e. The number of hydrogen-bond donors (Lipinski definition) is 4. The number of fused-ring (bicyclic) bond motifs is 1. The maximum absolute atomic E-state index is 15.1. The first-order valence-electron chi connectivity index (χ1n) is 10.1. The number of aliphatic carboxylic acids is 2. The van der Waals surface area contributed by atoms with Crippen molar-refractivity contribution in [2.24, 2.45) is 11.8 Å².